The summed E-state index contributed by atoms with van der Waals surface area (Å²) in [5.74, 6) is 0.754. The molecule has 1 unspecified atom stereocenters. The van der Waals surface area contributed by atoms with E-state index in [1.54, 1.807) is 6.07 Å². The minimum absolute atomic E-state index is 0.113. The van der Waals surface area contributed by atoms with Crippen molar-refractivity contribution < 1.29 is 14.0 Å². The molecule has 8 heteroatoms. The van der Waals surface area contributed by atoms with Crippen LogP contribution in [0.4, 0.5) is 4.39 Å². The van der Waals surface area contributed by atoms with Crippen molar-refractivity contribution in [3.05, 3.63) is 29.8 Å². The summed E-state index contributed by atoms with van der Waals surface area (Å²) in [4.78, 5) is 31.5. The average Bonchev–Trinajstić information content (AvgIpc) is 2.95. The van der Waals surface area contributed by atoms with Gasteiger partial charge in [0, 0.05) is 18.7 Å². The van der Waals surface area contributed by atoms with E-state index in [4.69, 9.17) is 0 Å². The van der Waals surface area contributed by atoms with Gasteiger partial charge >= 0.3 is 0 Å². The second kappa shape index (κ2) is 7.03. The third kappa shape index (κ3) is 4.12. The Morgan fingerprint density at radius 2 is 2.28 bits per heavy atom. The van der Waals surface area contributed by atoms with Crippen LogP contribution < -0.4 is 10.6 Å². The van der Waals surface area contributed by atoms with Gasteiger partial charge in [-0.2, -0.15) is 0 Å². The lowest BCUT2D eigenvalue weighted by atomic mass is 10.1. The van der Waals surface area contributed by atoms with Crippen molar-refractivity contribution in [3.8, 4) is 0 Å². The van der Waals surface area contributed by atoms with Crippen LogP contribution in [0.25, 0.3) is 11.0 Å². The van der Waals surface area contributed by atoms with Crippen LogP contribution >= 0.6 is 11.8 Å². The summed E-state index contributed by atoms with van der Waals surface area (Å²) in [5.41, 5.74) is 1.40. The summed E-state index contributed by atoms with van der Waals surface area (Å²) in [5, 5.41) is 5.61. The number of nitrogens with zero attached hydrogens (tertiary/aromatic N) is 1. The van der Waals surface area contributed by atoms with E-state index in [0.717, 1.165) is 11.3 Å². The number of hydrogen-bond acceptors (Lipinski definition) is 4. The molecule has 3 N–H and O–H groups in total. The van der Waals surface area contributed by atoms with E-state index in [1.807, 2.05) is 13.8 Å². The van der Waals surface area contributed by atoms with Crippen LogP contribution in [0.3, 0.4) is 0 Å². The molecule has 1 aliphatic heterocycles. The Morgan fingerprint density at radius 1 is 1.48 bits per heavy atom. The molecule has 2 amide bonds. The average molecular weight is 364 g/mol. The highest BCUT2D eigenvalue weighted by atomic mass is 32.2. The highest BCUT2D eigenvalue weighted by Crippen LogP contribution is 2.28. The summed E-state index contributed by atoms with van der Waals surface area (Å²) in [6.45, 7) is 4.19. The first-order valence-electron chi connectivity index (χ1n) is 8.22. The van der Waals surface area contributed by atoms with Gasteiger partial charge in [-0.3, -0.25) is 9.59 Å². The number of nitrogens with one attached hydrogen (secondary N) is 3. The largest absolute Gasteiger partial charge is 0.354 e. The van der Waals surface area contributed by atoms with Gasteiger partial charge in [0.2, 0.25) is 11.8 Å². The first kappa shape index (κ1) is 17.7. The first-order valence-corrected chi connectivity index (χ1v) is 9.20. The number of amides is 2. The van der Waals surface area contributed by atoms with E-state index in [9.17, 15) is 14.0 Å². The summed E-state index contributed by atoms with van der Waals surface area (Å²) < 4.78 is 12.7. The molecule has 6 nitrogen and oxygen atoms in total. The highest BCUT2D eigenvalue weighted by molar-refractivity contribution is 8.01. The van der Waals surface area contributed by atoms with Gasteiger partial charge in [-0.1, -0.05) is 0 Å². The molecule has 0 spiro atoms. The van der Waals surface area contributed by atoms with Gasteiger partial charge in [0.05, 0.1) is 15.8 Å². The number of aromatic amines is 1. The molecule has 0 aliphatic carbocycles. The molecule has 1 saturated heterocycles. The molecule has 1 fully saturated rings. The zero-order chi connectivity index (χ0) is 18.0. The lowest BCUT2D eigenvalue weighted by Crippen LogP contribution is -2.57. The normalized spacial score (nSPS) is 19.6. The number of hydrogen-bond donors (Lipinski definition) is 3. The zero-order valence-corrected chi connectivity index (χ0v) is 15.0. The lowest BCUT2D eigenvalue weighted by molar-refractivity contribution is -0.129. The zero-order valence-electron chi connectivity index (χ0n) is 14.2. The second-order valence-electron chi connectivity index (χ2n) is 6.59. The van der Waals surface area contributed by atoms with Crippen LogP contribution in [0, 0.1) is 5.82 Å². The predicted octanol–water partition coefficient (Wildman–Crippen LogP) is 1.76. The maximum Gasteiger partial charge on any atom is 0.243 e. The van der Waals surface area contributed by atoms with E-state index < -0.39 is 10.8 Å². The fourth-order valence-electron chi connectivity index (χ4n) is 2.62. The molecule has 2 aromatic rings. The minimum atomic E-state index is -0.489. The Labute approximate surface area is 149 Å². The van der Waals surface area contributed by atoms with Crippen molar-refractivity contribution in [2.75, 3.05) is 12.3 Å². The summed E-state index contributed by atoms with van der Waals surface area (Å²) in [7, 11) is 0. The van der Waals surface area contributed by atoms with Gasteiger partial charge in [0.15, 0.2) is 0 Å². The Morgan fingerprint density at radius 3 is 3.04 bits per heavy atom. The molecule has 1 aromatic carbocycles. The van der Waals surface area contributed by atoms with Crippen molar-refractivity contribution in [1.29, 1.82) is 0 Å². The maximum absolute atomic E-state index is 13.2. The fraction of sp³-hybridized carbons (Fsp3) is 0.471. The molecule has 3 rings (SSSR count). The standard InChI is InChI=1S/C17H21FN4O2S/c1-17(2)16(24)22-13(9-25-17)15(23)19-7-3-4-14-20-11-6-5-10(18)8-12(11)21-14/h5-6,8,13H,3-4,7,9H2,1-2H3,(H,19,23)(H,20,21)(H,22,24). The number of aryl methyl sites for hydroxylation is 1. The Kier molecular flexibility index (Phi) is 4.99. The smallest absolute Gasteiger partial charge is 0.243 e. The van der Waals surface area contributed by atoms with Gasteiger partial charge in [-0.15, -0.1) is 11.8 Å². The topological polar surface area (TPSA) is 86.9 Å². The van der Waals surface area contributed by atoms with Crippen molar-refractivity contribution in [2.24, 2.45) is 0 Å². The van der Waals surface area contributed by atoms with E-state index in [-0.39, 0.29) is 17.6 Å². The highest BCUT2D eigenvalue weighted by Gasteiger charge is 2.37. The van der Waals surface area contributed by atoms with Crippen LogP contribution in [-0.4, -0.2) is 44.9 Å². The SMILES string of the molecule is CC1(C)SCC(C(=O)NCCCc2nc3ccc(F)cc3[nH]2)NC1=O. The third-order valence-electron chi connectivity index (χ3n) is 4.16. The number of fused-ring (bicyclic) bond motifs is 1. The van der Waals surface area contributed by atoms with Gasteiger partial charge in [-0.05, 0) is 38.5 Å². The number of thioether (sulfide) groups is 1. The van der Waals surface area contributed by atoms with E-state index in [0.29, 0.717) is 30.7 Å². The lowest BCUT2D eigenvalue weighted by Gasteiger charge is -2.32. The Bertz CT molecular complexity index is 805. The van der Waals surface area contributed by atoms with Crippen LogP contribution in [0.2, 0.25) is 0 Å². The summed E-state index contributed by atoms with van der Waals surface area (Å²) in [6, 6.07) is 3.94. The molecule has 25 heavy (non-hydrogen) atoms. The van der Waals surface area contributed by atoms with E-state index in [1.165, 1.54) is 23.9 Å². The number of carbonyl (C=O) groups is 2. The number of aromatic nitrogens is 2. The summed E-state index contributed by atoms with van der Waals surface area (Å²) in [6.07, 6.45) is 1.35. The Hall–Kier alpha value is -2.09. The third-order valence-corrected chi connectivity index (χ3v) is 5.57. The van der Waals surface area contributed by atoms with Gasteiger partial charge in [0.1, 0.15) is 17.7 Å². The first-order chi connectivity index (χ1) is 11.8. The van der Waals surface area contributed by atoms with Crippen LogP contribution in [0.15, 0.2) is 18.2 Å². The van der Waals surface area contributed by atoms with Crippen molar-refractivity contribution in [1.82, 2.24) is 20.6 Å². The predicted molar refractivity (Wildman–Crippen MR) is 95.9 cm³/mol. The van der Waals surface area contributed by atoms with Crippen molar-refractivity contribution in [2.45, 2.75) is 37.5 Å². The number of halogens is 1. The number of H-pyrrole nitrogens is 1. The molecule has 0 bridgehead atoms. The molecular weight excluding hydrogens is 343 g/mol. The quantitative estimate of drug-likeness (QED) is 0.706. The molecule has 0 radical (unpaired) electrons. The van der Waals surface area contributed by atoms with E-state index in [2.05, 4.69) is 20.6 Å². The molecule has 1 aliphatic rings. The van der Waals surface area contributed by atoms with Gasteiger partial charge in [-0.25, -0.2) is 9.37 Å². The molecule has 134 valence electrons. The molecule has 0 saturated carbocycles. The van der Waals surface area contributed by atoms with Crippen LogP contribution in [0.1, 0.15) is 26.1 Å². The fourth-order valence-corrected chi connectivity index (χ4v) is 3.62. The monoisotopic (exact) mass is 364 g/mol. The van der Waals surface area contributed by atoms with E-state index >= 15 is 0 Å². The van der Waals surface area contributed by atoms with Crippen LogP contribution in [-0.2, 0) is 16.0 Å². The van der Waals surface area contributed by atoms with Gasteiger partial charge < -0.3 is 15.6 Å². The molecular formula is C17H21FN4O2S. The molecule has 1 aromatic heterocycles. The van der Waals surface area contributed by atoms with Crippen LogP contribution in [0.5, 0.6) is 0 Å². The number of carbonyl (C=O) groups excluding carboxylic acids is 2. The minimum Gasteiger partial charge on any atom is -0.354 e. The number of imidazole rings is 1. The van der Waals surface area contributed by atoms with Crippen molar-refractivity contribution in [3.63, 3.8) is 0 Å². The summed E-state index contributed by atoms with van der Waals surface area (Å²) >= 11 is 1.49. The van der Waals surface area contributed by atoms with Crippen molar-refractivity contribution >= 4 is 34.6 Å². The molecule has 2 heterocycles. The number of rotatable bonds is 5. The van der Waals surface area contributed by atoms with Gasteiger partial charge in [0.25, 0.3) is 0 Å². The Balaban J connectivity index is 1.45. The molecule has 1 atom stereocenters. The number of benzene rings is 1. The maximum atomic E-state index is 13.2. The second-order valence-corrected chi connectivity index (χ2v) is 8.23.